The number of nitrogens with zero attached hydrogens (tertiary/aromatic N) is 2. The molecule has 70 valence electrons. The second-order valence-corrected chi connectivity index (χ2v) is 3.32. The molecule has 0 N–H and O–H groups in total. The van der Waals surface area contributed by atoms with Crippen LogP contribution in [-0.4, -0.2) is 9.97 Å². The van der Waals surface area contributed by atoms with Gasteiger partial charge in [0.25, 0.3) is 0 Å². The van der Waals surface area contributed by atoms with Crippen molar-refractivity contribution in [2.45, 2.75) is 13.8 Å². The topological polar surface area (TPSA) is 25.8 Å². The molecular weight excluding hydrogens is 172 g/mol. The highest BCUT2D eigenvalue weighted by Crippen LogP contribution is 2.20. The molecular formula is C12H12N2. The summed E-state index contributed by atoms with van der Waals surface area (Å²) >= 11 is 0. The van der Waals surface area contributed by atoms with Crippen LogP contribution in [0.25, 0.3) is 11.1 Å². The van der Waals surface area contributed by atoms with Crippen molar-refractivity contribution in [3.05, 3.63) is 48.0 Å². The first-order chi connectivity index (χ1) is 6.77. The quantitative estimate of drug-likeness (QED) is 0.681. The third kappa shape index (κ3) is 1.64. The molecule has 2 heterocycles. The van der Waals surface area contributed by atoms with Gasteiger partial charge in [-0.1, -0.05) is 6.07 Å². The van der Waals surface area contributed by atoms with Gasteiger partial charge < -0.3 is 0 Å². The molecule has 0 unspecified atom stereocenters. The Morgan fingerprint density at radius 1 is 0.929 bits per heavy atom. The zero-order valence-corrected chi connectivity index (χ0v) is 8.36. The molecule has 14 heavy (non-hydrogen) atoms. The predicted octanol–water partition coefficient (Wildman–Crippen LogP) is 2.76. The van der Waals surface area contributed by atoms with Gasteiger partial charge in [-0.05, 0) is 37.6 Å². The Morgan fingerprint density at radius 3 is 2.29 bits per heavy atom. The van der Waals surface area contributed by atoms with Gasteiger partial charge >= 0.3 is 0 Å². The number of aryl methyl sites for hydroxylation is 2. The minimum absolute atomic E-state index is 1.06. The lowest BCUT2D eigenvalue weighted by Crippen LogP contribution is -1.89. The largest absolute Gasteiger partial charge is 0.265 e. The summed E-state index contributed by atoms with van der Waals surface area (Å²) in [6, 6.07) is 8.13. The number of rotatable bonds is 1. The zero-order valence-electron chi connectivity index (χ0n) is 8.36. The van der Waals surface area contributed by atoms with Crippen molar-refractivity contribution >= 4 is 0 Å². The van der Waals surface area contributed by atoms with Gasteiger partial charge in [-0.3, -0.25) is 9.97 Å². The second kappa shape index (κ2) is 3.58. The molecule has 2 aromatic heterocycles. The fourth-order valence-corrected chi connectivity index (χ4v) is 1.52. The Hall–Kier alpha value is -1.70. The van der Waals surface area contributed by atoms with Crippen LogP contribution >= 0.6 is 0 Å². The van der Waals surface area contributed by atoms with E-state index in [-0.39, 0.29) is 0 Å². The van der Waals surface area contributed by atoms with Crippen LogP contribution in [0.1, 0.15) is 11.4 Å². The van der Waals surface area contributed by atoms with E-state index in [0.29, 0.717) is 0 Å². The zero-order chi connectivity index (χ0) is 9.97. The first kappa shape index (κ1) is 8.88. The van der Waals surface area contributed by atoms with Gasteiger partial charge in [0.05, 0.1) is 0 Å². The van der Waals surface area contributed by atoms with Crippen molar-refractivity contribution in [3.63, 3.8) is 0 Å². The van der Waals surface area contributed by atoms with E-state index in [0.717, 1.165) is 11.4 Å². The summed E-state index contributed by atoms with van der Waals surface area (Å²) in [5.41, 5.74) is 4.47. The average molecular weight is 184 g/mol. The van der Waals surface area contributed by atoms with E-state index >= 15 is 0 Å². The van der Waals surface area contributed by atoms with Crippen LogP contribution in [-0.2, 0) is 0 Å². The van der Waals surface area contributed by atoms with E-state index in [1.807, 2.05) is 32.0 Å². The van der Waals surface area contributed by atoms with Crippen molar-refractivity contribution in [2.24, 2.45) is 0 Å². The van der Waals surface area contributed by atoms with Crippen molar-refractivity contribution in [1.29, 1.82) is 0 Å². The smallest absolute Gasteiger partial charge is 0.0454 e. The van der Waals surface area contributed by atoms with E-state index in [2.05, 4.69) is 16.0 Å². The predicted molar refractivity (Wildman–Crippen MR) is 56.9 cm³/mol. The Kier molecular flexibility index (Phi) is 2.27. The molecule has 0 amide bonds. The van der Waals surface area contributed by atoms with Crippen LogP contribution in [0.15, 0.2) is 36.7 Å². The summed E-state index contributed by atoms with van der Waals surface area (Å²) in [6.45, 7) is 4.03. The van der Waals surface area contributed by atoms with Gasteiger partial charge in [0.1, 0.15) is 0 Å². The molecule has 0 fully saturated rings. The monoisotopic (exact) mass is 184 g/mol. The van der Waals surface area contributed by atoms with Crippen molar-refractivity contribution in [3.8, 4) is 11.1 Å². The van der Waals surface area contributed by atoms with Gasteiger partial charge in [-0.2, -0.15) is 0 Å². The maximum atomic E-state index is 4.43. The Morgan fingerprint density at radius 2 is 1.64 bits per heavy atom. The average Bonchev–Trinajstić information content (AvgIpc) is 2.19. The number of pyridine rings is 2. The van der Waals surface area contributed by atoms with E-state index < -0.39 is 0 Å². The van der Waals surface area contributed by atoms with E-state index in [9.17, 15) is 0 Å². The van der Waals surface area contributed by atoms with Gasteiger partial charge in [0.15, 0.2) is 0 Å². The van der Waals surface area contributed by atoms with Gasteiger partial charge in [0, 0.05) is 29.3 Å². The van der Waals surface area contributed by atoms with Crippen LogP contribution in [0.5, 0.6) is 0 Å². The number of hydrogen-bond acceptors (Lipinski definition) is 2. The molecule has 0 saturated heterocycles. The first-order valence-electron chi connectivity index (χ1n) is 4.62. The third-order valence-electron chi connectivity index (χ3n) is 2.22. The summed E-state index contributed by atoms with van der Waals surface area (Å²) in [4.78, 5) is 8.43. The fourth-order valence-electron chi connectivity index (χ4n) is 1.52. The molecule has 2 aromatic rings. The normalized spacial score (nSPS) is 10.1. The van der Waals surface area contributed by atoms with Crippen molar-refractivity contribution < 1.29 is 0 Å². The van der Waals surface area contributed by atoms with Crippen LogP contribution in [0.4, 0.5) is 0 Å². The molecule has 0 saturated carbocycles. The van der Waals surface area contributed by atoms with Gasteiger partial charge in [0.2, 0.25) is 0 Å². The molecule has 0 bridgehead atoms. The summed E-state index contributed by atoms with van der Waals surface area (Å²) < 4.78 is 0. The highest BCUT2D eigenvalue weighted by atomic mass is 14.7. The molecule has 0 radical (unpaired) electrons. The molecule has 0 spiro atoms. The van der Waals surface area contributed by atoms with Crippen LogP contribution in [0, 0.1) is 13.8 Å². The summed E-state index contributed by atoms with van der Waals surface area (Å²) in [5.74, 6) is 0. The van der Waals surface area contributed by atoms with Gasteiger partial charge in [-0.25, -0.2) is 0 Å². The maximum absolute atomic E-state index is 4.43. The highest BCUT2D eigenvalue weighted by molar-refractivity contribution is 5.64. The molecule has 0 atom stereocenters. The van der Waals surface area contributed by atoms with Gasteiger partial charge in [-0.15, -0.1) is 0 Å². The lowest BCUT2D eigenvalue weighted by molar-refractivity contribution is 1.12. The maximum Gasteiger partial charge on any atom is 0.0454 e. The summed E-state index contributed by atoms with van der Waals surface area (Å²) in [7, 11) is 0. The molecule has 2 nitrogen and oxygen atoms in total. The minimum Gasteiger partial charge on any atom is -0.265 e. The number of aromatic nitrogens is 2. The van der Waals surface area contributed by atoms with E-state index in [1.54, 1.807) is 12.4 Å². The van der Waals surface area contributed by atoms with Crippen molar-refractivity contribution in [2.75, 3.05) is 0 Å². The van der Waals surface area contributed by atoms with Crippen LogP contribution < -0.4 is 0 Å². The minimum atomic E-state index is 1.06. The number of hydrogen-bond donors (Lipinski definition) is 0. The summed E-state index contributed by atoms with van der Waals surface area (Å²) in [5, 5.41) is 0. The van der Waals surface area contributed by atoms with E-state index in [1.165, 1.54) is 11.1 Å². The molecule has 0 aliphatic rings. The first-order valence-corrected chi connectivity index (χ1v) is 4.62. The molecule has 0 aliphatic carbocycles. The molecule has 2 rings (SSSR count). The second-order valence-electron chi connectivity index (χ2n) is 3.32. The molecule has 0 aromatic carbocycles. The molecule has 2 heteroatoms. The fraction of sp³-hybridized carbons (Fsp3) is 0.167. The van der Waals surface area contributed by atoms with Crippen molar-refractivity contribution in [1.82, 2.24) is 9.97 Å². The molecule has 0 aliphatic heterocycles. The van der Waals surface area contributed by atoms with Crippen LogP contribution in [0.2, 0.25) is 0 Å². The Balaban J connectivity index is 2.53. The lowest BCUT2D eigenvalue weighted by Gasteiger charge is -2.05. The Labute approximate surface area is 83.7 Å². The Bertz CT molecular complexity index is 435. The SMILES string of the molecule is Cc1ccc(-c2ccncc2)c(C)n1. The summed E-state index contributed by atoms with van der Waals surface area (Å²) in [6.07, 6.45) is 3.60. The van der Waals surface area contributed by atoms with Crippen LogP contribution in [0.3, 0.4) is 0 Å². The highest BCUT2D eigenvalue weighted by Gasteiger charge is 2.01. The standard InChI is InChI=1S/C12H12N2/c1-9-3-4-12(10(2)14-9)11-5-7-13-8-6-11/h3-8H,1-2H3. The lowest BCUT2D eigenvalue weighted by atomic mass is 10.1. The van der Waals surface area contributed by atoms with E-state index in [4.69, 9.17) is 0 Å². The third-order valence-corrected chi connectivity index (χ3v) is 2.22.